The van der Waals surface area contributed by atoms with Crippen LogP contribution in [-0.2, 0) is 4.74 Å². The maximum Gasteiger partial charge on any atom is 0.0872 e. The van der Waals surface area contributed by atoms with Gasteiger partial charge in [-0.3, -0.25) is 0 Å². The summed E-state index contributed by atoms with van der Waals surface area (Å²) in [5, 5.41) is 0. The lowest BCUT2D eigenvalue weighted by Crippen LogP contribution is -2.09. The second-order valence-electron chi connectivity index (χ2n) is 3.04. The largest absolute Gasteiger partial charge is 0.373 e. The van der Waals surface area contributed by atoms with Crippen LogP contribution in [0.25, 0.3) is 0 Å². The Morgan fingerprint density at radius 3 is 2.33 bits per heavy atom. The molecule has 1 aliphatic heterocycles. The fraction of sp³-hybridized carbons (Fsp3) is 0.875. The van der Waals surface area contributed by atoms with Crippen molar-refractivity contribution in [2.45, 2.75) is 38.2 Å². The molecule has 1 unspecified atom stereocenters. The predicted octanol–water partition coefficient (Wildman–Crippen LogP) is 1.92. The Hall–Kier alpha value is -0.0400. The minimum Gasteiger partial charge on any atom is -0.373 e. The SMILES string of the molecule is C1CC[C](C2CO2)CC1. The van der Waals surface area contributed by atoms with Gasteiger partial charge in [-0.1, -0.05) is 19.3 Å². The monoisotopic (exact) mass is 125 g/mol. The Morgan fingerprint density at radius 2 is 1.78 bits per heavy atom. The molecule has 51 valence electrons. The first-order chi connectivity index (χ1) is 4.47. The molecular weight excluding hydrogens is 112 g/mol. The van der Waals surface area contributed by atoms with Crippen LogP contribution in [0, 0.1) is 5.92 Å². The standard InChI is InChI=1S/C8H13O/c1-2-4-7(5-3-1)8-6-9-8/h8H,1-6H2. The van der Waals surface area contributed by atoms with E-state index in [0.29, 0.717) is 6.10 Å². The third-order valence-corrected chi connectivity index (χ3v) is 2.28. The Kier molecular flexibility index (Phi) is 1.46. The molecule has 2 rings (SSSR count). The van der Waals surface area contributed by atoms with Gasteiger partial charge in [0, 0.05) is 5.92 Å². The molecule has 1 saturated heterocycles. The molecule has 2 fully saturated rings. The highest BCUT2D eigenvalue weighted by atomic mass is 16.6. The summed E-state index contributed by atoms with van der Waals surface area (Å²) in [4.78, 5) is 0. The molecule has 0 aromatic rings. The summed E-state index contributed by atoms with van der Waals surface area (Å²) in [7, 11) is 0. The highest BCUT2D eigenvalue weighted by Crippen LogP contribution is 2.34. The number of rotatable bonds is 1. The van der Waals surface area contributed by atoms with E-state index in [-0.39, 0.29) is 0 Å². The van der Waals surface area contributed by atoms with Gasteiger partial charge in [0.05, 0.1) is 12.7 Å². The average molecular weight is 125 g/mol. The summed E-state index contributed by atoms with van der Waals surface area (Å²) < 4.78 is 5.21. The average Bonchev–Trinajstić information content (AvgIpc) is 2.71. The molecule has 0 bridgehead atoms. The number of hydrogen-bond donors (Lipinski definition) is 0. The van der Waals surface area contributed by atoms with Crippen molar-refractivity contribution in [3.8, 4) is 0 Å². The van der Waals surface area contributed by atoms with Gasteiger partial charge in [-0.15, -0.1) is 0 Å². The minimum absolute atomic E-state index is 0.602. The molecule has 9 heavy (non-hydrogen) atoms. The van der Waals surface area contributed by atoms with E-state index in [2.05, 4.69) is 0 Å². The van der Waals surface area contributed by atoms with E-state index in [0.717, 1.165) is 6.61 Å². The quantitative estimate of drug-likeness (QED) is 0.488. The van der Waals surface area contributed by atoms with Crippen molar-refractivity contribution >= 4 is 0 Å². The molecule has 1 heteroatoms. The van der Waals surface area contributed by atoms with Crippen molar-refractivity contribution in [2.75, 3.05) is 6.61 Å². The molecule has 1 aliphatic carbocycles. The van der Waals surface area contributed by atoms with Crippen LogP contribution in [0.5, 0.6) is 0 Å². The molecule has 0 N–H and O–H groups in total. The second-order valence-corrected chi connectivity index (χ2v) is 3.04. The van der Waals surface area contributed by atoms with Gasteiger partial charge in [-0.05, 0) is 12.8 Å². The zero-order valence-corrected chi connectivity index (χ0v) is 5.73. The van der Waals surface area contributed by atoms with Crippen molar-refractivity contribution < 1.29 is 4.74 Å². The van der Waals surface area contributed by atoms with E-state index in [4.69, 9.17) is 4.74 Å². The fourth-order valence-corrected chi connectivity index (χ4v) is 1.61. The predicted molar refractivity (Wildman–Crippen MR) is 36.1 cm³/mol. The normalized spacial score (nSPS) is 36.7. The first-order valence-corrected chi connectivity index (χ1v) is 3.93. The molecule has 0 aromatic heterocycles. The van der Waals surface area contributed by atoms with E-state index in [9.17, 15) is 0 Å². The van der Waals surface area contributed by atoms with Crippen LogP contribution >= 0.6 is 0 Å². The lowest BCUT2D eigenvalue weighted by atomic mass is 9.87. The van der Waals surface area contributed by atoms with E-state index < -0.39 is 0 Å². The van der Waals surface area contributed by atoms with Gasteiger partial charge in [0.1, 0.15) is 0 Å². The van der Waals surface area contributed by atoms with Crippen molar-refractivity contribution in [1.29, 1.82) is 0 Å². The molecule has 2 aliphatic rings. The van der Waals surface area contributed by atoms with Gasteiger partial charge in [0.2, 0.25) is 0 Å². The molecular formula is C8H13O. The molecule has 1 radical (unpaired) electrons. The third kappa shape index (κ3) is 1.26. The smallest absolute Gasteiger partial charge is 0.0872 e. The zero-order valence-electron chi connectivity index (χ0n) is 5.73. The van der Waals surface area contributed by atoms with Crippen molar-refractivity contribution in [1.82, 2.24) is 0 Å². The number of epoxide rings is 1. The summed E-state index contributed by atoms with van der Waals surface area (Å²) in [6, 6.07) is 0. The summed E-state index contributed by atoms with van der Waals surface area (Å²) in [6.45, 7) is 1.02. The Bertz CT molecular complexity index is 90.7. The molecule has 1 nitrogen and oxygen atoms in total. The van der Waals surface area contributed by atoms with E-state index in [1.165, 1.54) is 32.1 Å². The maximum atomic E-state index is 5.21. The van der Waals surface area contributed by atoms with Crippen molar-refractivity contribution in [2.24, 2.45) is 0 Å². The van der Waals surface area contributed by atoms with Crippen LogP contribution in [0.4, 0.5) is 0 Å². The van der Waals surface area contributed by atoms with E-state index >= 15 is 0 Å². The lowest BCUT2D eigenvalue weighted by Gasteiger charge is -2.18. The number of hydrogen-bond acceptors (Lipinski definition) is 1. The van der Waals surface area contributed by atoms with E-state index in [1.807, 2.05) is 0 Å². The van der Waals surface area contributed by atoms with Crippen LogP contribution in [0.1, 0.15) is 32.1 Å². The molecule has 0 aromatic carbocycles. The van der Waals surface area contributed by atoms with Gasteiger partial charge < -0.3 is 4.74 Å². The zero-order chi connectivity index (χ0) is 6.10. The number of ether oxygens (including phenoxy) is 1. The van der Waals surface area contributed by atoms with Gasteiger partial charge in [0.15, 0.2) is 0 Å². The molecule has 0 spiro atoms. The summed E-state index contributed by atoms with van der Waals surface area (Å²) in [5.41, 5.74) is 0. The Morgan fingerprint density at radius 1 is 1.11 bits per heavy atom. The van der Waals surface area contributed by atoms with Gasteiger partial charge in [-0.25, -0.2) is 0 Å². The Labute approximate surface area is 56.4 Å². The highest BCUT2D eigenvalue weighted by molar-refractivity contribution is 5.04. The van der Waals surface area contributed by atoms with Crippen LogP contribution in [0.2, 0.25) is 0 Å². The lowest BCUT2D eigenvalue weighted by molar-refractivity contribution is 0.377. The van der Waals surface area contributed by atoms with Crippen molar-refractivity contribution in [3.05, 3.63) is 5.92 Å². The van der Waals surface area contributed by atoms with Crippen LogP contribution in [0.15, 0.2) is 0 Å². The Balaban J connectivity index is 1.80. The first kappa shape index (κ1) is 5.72. The third-order valence-electron chi connectivity index (χ3n) is 2.28. The summed E-state index contributed by atoms with van der Waals surface area (Å²) in [6.07, 6.45) is 7.57. The van der Waals surface area contributed by atoms with Crippen molar-refractivity contribution in [3.63, 3.8) is 0 Å². The highest BCUT2D eigenvalue weighted by Gasteiger charge is 2.33. The molecule has 1 saturated carbocycles. The molecule has 1 atom stereocenters. The van der Waals surface area contributed by atoms with Gasteiger partial charge in [-0.2, -0.15) is 0 Å². The first-order valence-electron chi connectivity index (χ1n) is 3.93. The van der Waals surface area contributed by atoms with Crippen LogP contribution in [0.3, 0.4) is 0 Å². The topological polar surface area (TPSA) is 12.5 Å². The minimum atomic E-state index is 0.602. The summed E-state index contributed by atoms with van der Waals surface area (Å²) in [5.74, 6) is 1.70. The van der Waals surface area contributed by atoms with Gasteiger partial charge >= 0.3 is 0 Å². The maximum absolute atomic E-state index is 5.21. The molecule has 1 heterocycles. The van der Waals surface area contributed by atoms with Crippen LogP contribution in [-0.4, -0.2) is 12.7 Å². The molecule has 0 amide bonds. The van der Waals surface area contributed by atoms with E-state index in [1.54, 1.807) is 5.92 Å². The fourth-order valence-electron chi connectivity index (χ4n) is 1.61. The van der Waals surface area contributed by atoms with Gasteiger partial charge in [0.25, 0.3) is 0 Å². The second kappa shape index (κ2) is 2.30. The summed E-state index contributed by atoms with van der Waals surface area (Å²) >= 11 is 0. The van der Waals surface area contributed by atoms with Crippen LogP contribution < -0.4 is 0 Å².